The van der Waals surface area contributed by atoms with Crippen LogP contribution in [0, 0.1) is 0 Å². The van der Waals surface area contributed by atoms with Gasteiger partial charge in [0, 0.05) is 12.1 Å². The van der Waals surface area contributed by atoms with Crippen molar-refractivity contribution in [3.05, 3.63) is 0 Å². The Hall–Kier alpha value is -0.660. The lowest BCUT2D eigenvalue weighted by Gasteiger charge is -2.33. The van der Waals surface area contributed by atoms with Crippen LogP contribution in [0.1, 0.15) is 38.5 Å². The number of hydrogen-bond acceptors (Lipinski definition) is 4. The van der Waals surface area contributed by atoms with E-state index in [-0.39, 0.29) is 13.0 Å². The average Bonchev–Trinajstić information content (AvgIpc) is 2.26. The molecule has 1 aliphatic carbocycles. The van der Waals surface area contributed by atoms with Crippen LogP contribution in [0.4, 0.5) is 0 Å². The molecule has 1 aliphatic rings. The summed E-state index contributed by atoms with van der Waals surface area (Å²) in [5, 5.41) is 8.43. The second kappa shape index (κ2) is 5.79. The van der Waals surface area contributed by atoms with Gasteiger partial charge in [-0.25, -0.2) is 13.1 Å². The van der Waals surface area contributed by atoms with E-state index in [1.54, 1.807) is 0 Å². The predicted octanol–water partition coefficient (Wildman–Crippen LogP) is 0.0421. The highest BCUT2D eigenvalue weighted by molar-refractivity contribution is 7.89. The van der Waals surface area contributed by atoms with Crippen LogP contribution in [0.15, 0.2) is 0 Å². The molecular formula is C10H20N2O4S. The van der Waals surface area contributed by atoms with E-state index in [4.69, 9.17) is 10.8 Å². The van der Waals surface area contributed by atoms with Crippen molar-refractivity contribution in [2.45, 2.75) is 44.1 Å². The standard InChI is InChI=1S/C10H20N2O4S/c11-10(5-2-1-3-6-10)8-12-17(15,16)7-4-9(13)14/h12H,1-8,11H2,(H,13,14). The summed E-state index contributed by atoms with van der Waals surface area (Å²) < 4.78 is 25.4. The summed E-state index contributed by atoms with van der Waals surface area (Å²) in [6.07, 6.45) is 4.43. The van der Waals surface area contributed by atoms with Gasteiger partial charge < -0.3 is 10.8 Å². The zero-order chi connectivity index (χ0) is 12.9. The monoisotopic (exact) mass is 264 g/mol. The molecule has 0 atom stereocenters. The molecule has 0 amide bonds. The number of rotatable bonds is 6. The van der Waals surface area contributed by atoms with E-state index < -0.39 is 27.3 Å². The normalized spacial score (nSPS) is 20.1. The molecule has 0 unspecified atom stereocenters. The molecule has 0 aliphatic heterocycles. The number of carboxylic acids is 1. The second-order valence-corrected chi connectivity index (χ2v) is 6.63. The third-order valence-corrected chi connectivity index (χ3v) is 4.40. The Kier molecular flexibility index (Phi) is 4.91. The Morgan fingerprint density at radius 1 is 1.29 bits per heavy atom. The third-order valence-electron chi connectivity index (χ3n) is 3.08. The number of sulfonamides is 1. The van der Waals surface area contributed by atoms with Crippen LogP contribution in [-0.4, -0.2) is 37.3 Å². The number of aliphatic carboxylic acids is 1. The first kappa shape index (κ1) is 14.4. The molecule has 0 aromatic carbocycles. The van der Waals surface area contributed by atoms with E-state index in [2.05, 4.69) is 4.72 Å². The predicted molar refractivity (Wildman–Crippen MR) is 64.0 cm³/mol. The maximum atomic E-state index is 11.5. The Bertz CT molecular complexity index is 361. The molecule has 7 heteroatoms. The van der Waals surface area contributed by atoms with Gasteiger partial charge in [0.15, 0.2) is 0 Å². The number of carboxylic acid groups (broad SMARTS) is 1. The maximum Gasteiger partial charge on any atom is 0.304 e. The van der Waals surface area contributed by atoms with Crippen LogP contribution in [-0.2, 0) is 14.8 Å². The fourth-order valence-corrected chi connectivity index (χ4v) is 3.08. The molecule has 1 rings (SSSR count). The van der Waals surface area contributed by atoms with Crippen molar-refractivity contribution in [3.63, 3.8) is 0 Å². The van der Waals surface area contributed by atoms with Gasteiger partial charge in [-0.1, -0.05) is 19.3 Å². The molecule has 0 heterocycles. The number of carbonyl (C=O) groups is 1. The summed E-state index contributed by atoms with van der Waals surface area (Å²) in [7, 11) is -3.52. The Balaban J connectivity index is 2.40. The summed E-state index contributed by atoms with van der Waals surface area (Å²) in [5.41, 5.74) is 5.62. The summed E-state index contributed by atoms with van der Waals surface area (Å²) in [4.78, 5) is 10.3. The van der Waals surface area contributed by atoms with E-state index in [9.17, 15) is 13.2 Å². The Morgan fingerprint density at radius 2 is 1.88 bits per heavy atom. The number of nitrogens with two attached hydrogens (primary N) is 1. The molecule has 6 nitrogen and oxygen atoms in total. The van der Waals surface area contributed by atoms with Crippen molar-refractivity contribution >= 4 is 16.0 Å². The number of nitrogens with one attached hydrogen (secondary N) is 1. The first-order valence-corrected chi connectivity index (χ1v) is 7.46. The molecule has 1 saturated carbocycles. The van der Waals surface area contributed by atoms with E-state index in [0.717, 1.165) is 32.1 Å². The average molecular weight is 264 g/mol. The van der Waals surface area contributed by atoms with Gasteiger partial charge in [0.2, 0.25) is 10.0 Å². The lowest BCUT2D eigenvalue weighted by molar-refractivity contribution is -0.136. The van der Waals surface area contributed by atoms with E-state index in [1.807, 2.05) is 0 Å². The number of hydrogen-bond donors (Lipinski definition) is 3. The fourth-order valence-electron chi connectivity index (χ4n) is 1.98. The van der Waals surface area contributed by atoms with Gasteiger partial charge in [0.1, 0.15) is 0 Å². The molecule has 100 valence electrons. The van der Waals surface area contributed by atoms with Gasteiger partial charge in [-0.3, -0.25) is 4.79 Å². The van der Waals surface area contributed by atoms with Crippen molar-refractivity contribution in [2.75, 3.05) is 12.3 Å². The quantitative estimate of drug-likeness (QED) is 0.627. The van der Waals surface area contributed by atoms with Crippen molar-refractivity contribution in [2.24, 2.45) is 5.73 Å². The van der Waals surface area contributed by atoms with Crippen LogP contribution in [0.3, 0.4) is 0 Å². The zero-order valence-corrected chi connectivity index (χ0v) is 10.6. The minimum atomic E-state index is -3.52. The zero-order valence-electron chi connectivity index (χ0n) is 9.81. The van der Waals surface area contributed by atoms with Crippen LogP contribution in [0.2, 0.25) is 0 Å². The Labute approximate surface area is 102 Å². The highest BCUT2D eigenvalue weighted by Gasteiger charge is 2.28. The van der Waals surface area contributed by atoms with Crippen LogP contribution in [0.25, 0.3) is 0 Å². The van der Waals surface area contributed by atoms with Crippen molar-refractivity contribution in [1.82, 2.24) is 4.72 Å². The molecular weight excluding hydrogens is 244 g/mol. The second-order valence-electron chi connectivity index (χ2n) is 4.71. The van der Waals surface area contributed by atoms with Gasteiger partial charge in [-0.05, 0) is 12.8 Å². The first-order valence-electron chi connectivity index (χ1n) is 5.81. The Morgan fingerprint density at radius 3 is 2.41 bits per heavy atom. The summed E-state index contributed by atoms with van der Waals surface area (Å²) in [6, 6.07) is 0. The molecule has 0 saturated heterocycles. The van der Waals surface area contributed by atoms with Gasteiger partial charge in [0.05, 0.1) is 12.2 Å². The van der Waals surface area contributed by atoms with Crippen LogP contribution >= 0.6 is 0 Å². The smallest absolute Gasteiger partial charge is 0.304 e. The SMILES string of the molecule is NC1(CNS(=O)(=O)CCC(=O)O)CCCCC1. The molecule has 0 radical (unpaired) electrons. The van der Waals surface area contributed by atoms with Gasteiger partial charge in [-0.2, -0.15) is 0 Å². The summed E-state index contributed by atoms with van der Waals surface area (Å²) in [5.74, 6) is -1.51. The molecule has 1 fully saturated rings. The minimum Gasteiger partial charge on any atom is -0.481 e. The summed E-state index contributed by atoms with van der Waals surface area (Å²) in [6.45, 7) is 0.203. The molecule has 4 N–H and O–H groups in total. The lowest BCUT2D eigenvalue weighted by Crippen LogP contribution is -2.51. The molecule has 17 heavy (non-hydrogen) atoms. The van der Waals surface area contributed by atoms with Gasteiger partial charge in [-0.15, -0.1) is 0 Å². The topological polar surface area (TPSA) is 109 Å². The van der Waals surface area contributed by atoms with Crippen LogP contribution < -0.4 is 10.5 Å². The first-order chi connectivity index (χ1) is 7.83. The van der Waals surface area contributed by atoms with Gasteiger partial charge >= 0.3 is 5.97 Å². The molecule has 0 aromatic rings. The van der Waals surface area contributed by atoms with Gasteiger partial charge in [0.25, 0.3) is 0 Å². The lowest BCUT2D eigenvalue weighted by atomic mass is 9.83. The van der Waals surface area contributed by atoms with Crippen LogP contribution in [0.5, 0.6) is 0 Å². The maximum absolute atomic E-state index is 11.5. The molecule has 0 bridgehead atoms. The fraction of sp³-hybridized carbons (Fsp3) is 0.900. The minimum absolute atomic E-state index is 0.203. The highest BCUT2D eigenvalue weighted by atomic mass is 32.2. The van der Waals surface area contributed by atoms with Crippen molar-refractivity contribution in [3.8, 4) is 0 Å². The van der Waals surface area contributed by atoms with Crippen molar-refractivity contribution < 1.29 is 18.3 Å². The van der Waals surface area contributed by atoms with E-state index in [1.165, 1.54) is 0 Å². The highest BCUT2D eigenvalue weighted by Crippen LogP contribution is 2.25. The van der Waals surface area contributed by atoms with E-state index >= 15 is 0 Å². The molecule has 0 spiro atoms. The summed E-state index contributed by atoms with van der Waals surface area (Å²) >= 11 is 0. The largest absolute Gasteiger partial charge is 0.481 e. The van der Waals surface area contributed by atoms with E-state index in [0.29, 0.717) is 0 Å². The molecule has 0 aromatic heterocycles. The van der Waals surface area contributed by atoms with Crippen molar-refractivity contribution in [1.29, 1.82) is 0 Å². The third kappa shape index (κ3) is 5.47.